The zero-order valence-electron chi connectivity index (χ0n) is 24.7. The molecule has 2 aliphatic carbocycles. The lowest BCUT2D eigenvalue weighted by atomic mass is 9.81. The maximum Gasteiger partial charge on any atom is 0.435 e. The fraction of sp³-hybridized carbons (Fsp3) is 0.562. The molecule has 2 aromatic carbocycles. The monoisotopic (exact) mass is 677 g/mol. The molecule has 5 rings (SSSR count). The number of benzene rings is 2. The van der Waals surface area contributed by atoms with Gasteiger partial charge in [0, 0.05) is 24.6 Å². The fourth-order valence-corrected chi connectivity index (χ4v) is 9.47. The third-order valence-corrected chi connectivity index (χ3v) is 12.5. The van der Waals surface area contributed by atoms with Crippen molar-refractivity contribution in [3.63, 3.8) is 0 Å². The van der Waals surface area contributed by atoms with Crippen molar-refractivity contribution < 1.29 is 53.8 Å². The molecule has 0 radical (unpaired) electrons. The van der Waals surface area contributed by atoms with E-state index in [1.54, 1.807) is 12.1 Å². The predicted octanol–water partition coefficient (Wildman–Crippen LogP) is 7.43. The van der Waals surface area contributed by atoms with Crippen molar-refractivity contribution in [2.24, 2.45) is 11.8 Å². The van der Waals surface area contributed by atoms with Crippen LogP contribution in [0.15, 0.2) is 53.4 Å². The number of carboxylic acids is 1. The summed E-state index contributed by atoms with van der Waals surface area (Å²) in [5.41, 5.74) is -6.80. The summed E-state index contributed by atoms with van der Waals surface area (Å²) < 4.78 is 123. The number of rotatable bonds is 7. The van der Waals surface area contributed by atoms with Gasteiger partial charge in [-0.25, -0.2) is 12.8 Å². The Morgan fingerprint density at radius 1 is 0.804 bits per heavy atom. The van der Waals surface area contributed by atoms with E-state index in [0.29, 0.717) is 12.1 Å². The number of likely N-dealkylation sites (tertiary alicyclic amines) is 1. The molecule has 2 saturated carbocycles. The van der Waals surface area contributed by atoms with Crippen molar-refractivity contribution in [3.8, 4) is 0 Å². The van der Waals surface area contributed by atoms with Gasteiger partial charge in [0.05, 0.1) is 10.8 Å². The highest BCUT2D eigenvalue weighted by atomic mass is 32.2. The van der Waals surface area contributed by atoms with Crippen molar-refractivity contribution in [3.05, 3.63) is 65.2 Å². The second kappa shape index (κ2) is 12.1. The minimum Gasteiger partial charge on any atom is -0.481 e. The first-order chi connectivity index (χ1) is 21.4. The van der Waals surface area contributed by atoms with Crippen molar-refractivity contribution in [1.29, 1.82) is 0 Å². The molecule has 1 atom stereocenters. The lowest BCUT2D eigenvalue weighted by Crippen LogP contribution is -2.50. The van der Waals surface area contributed by atoms with Crippen LogP contribution in [-0.2, 0) is 29.8 Å². The van der Waals surface area contributed by atoms with Crippen LogP contribution in [-0.4, -0.2) is 55.7 Å². The van der Waals surface area contributed by atoms with Gasteiger partial charge in [0.15, 0.2) is 9.84 Å². The first-order valence-electron chi connectivity index (χ1n) is 15.2. The van der Waals surface area contributed by atoms with Crippen LogP contribution >= 0.6 is 0 Å². The van der Waals surface area contributed by atoms with Gasteiger partial charge in [-0.15, -0.1) is 0 Å². The number of aliphatic carboxylic acids is 1. The highest BCUT2D eigenvalue weighted by Crippen LogP contribution is 2.54. The Kier molecular flexibility index (Phi) is 9.02. The van der Waals surface area contributed by atoms with Crippen LogP contribution in [0.25, 0.3) is 0 Å². The molecule has 1 saturated heterocycles. The summed E-state index contributed by atoms with van der Waals surface area (Å²) in [5, 5.41) is 9.30. The molecule has 0 spiro atoms. The summed E-state index contributed by atoms with van der Waals surface area (Å²) in [5.74, 6) is -2.38. The SMILES string of the molecule is O=C(O)[C@H]1CC[C@H](C(=O)N2CCC(c3ccc(C(F)(C(F)(F)F)C(F)(F)F)cc3)(S(=O)(=O)c3cccc(C4CCCC4)c3)C2)CC1. The number of amides is 1. The standard InChI is InChI=1S/C32H34F7NO5S/c33-30(31(34,35)36,32(37,38)39)25-14-12-24(13-15-25)29(46(44,45)26-7-3-6-23(18-26)20-4-1-2-5-20)16-17-40(19-29)27(41)21-8-10-22(11-9-21)28(42)43/h3,6-7,12-15,18,20-22H,1-2,4-5,8-11,16-17,19H2,(H,42,43)/t21-,22-,29?. The first-order valence-corrected chi connectivity index (χ1v) is 16.7. The van der Waals surface area contributed by atoms with Crippen molar-refractivity contribution in [2.45, 2.75) is 91.4 Å². The fourth-order valence-electron chi connectivity index (χ4n) is 7.34. The minimum atomic E-state index is -6.34. The van der Waals surface area contributed by atoms with Crippen LogP contribution in [0.2, 0.25) is 0 Å². The maximum atomic E-state index is 14.8. The maximum absolute atomic E-state index is 14.8. The molecular formula is C32H34F7NO5S. The van der Waals surface area contributed by atoms with Crippen LogP contribution < -0.4 is 0 Å². The summed E-state index contributed by atoms with van der Waals surface area (Å²) in [7, 11) is -4.44. The average molecular weight is 678 g/mol. The van der Waals surface area contributed by atoms with Gasteiger partial charge < -0.3 is 10.0 Å². The summed E-state index contributed by atoms with van der Waals surface area (Å²) in [4.78, 5) is 26.2. The number of alkyl halides is 7. The van der Waals surface area contributed by atoms with E-state index in [4.69, 9.17) is 0 Å². The Bertz CT molecular complexity index is 1550. The summed E-state index contributed by atoms with van der Waals surface area (Å²) in [6.45, 7) is -0.502. The third-order valence-electron chi connectivity index (χ3n) is 10.1. The van der Waals surface area contributed by atoms with E-state index >= 15 is 0 Å². The van der Waals surface area contributed by atoms with E-state index in [2.05, 4.69) is 0 Å². The van der Waals surface area contributed by atoms with E-state index in [9.17, 15) is 53.8 Å². The molecule has 1 N–H and O–H groups in total. The highest BCUT2D eigenvalue weighted by Gasteiger charge is 2.73. The molecule has 6 nitrogen and oxygen atoms in total. The molecule has 2 aromatic rings. The second-order valence-electron chi connectivity index (χ2n) is 12.7. The molecule has 0 bridgehead atoms. The van der Waals surface area contributed by atoms with Crippen LogP contribution in [0.4, 0.5) is 30.7 Å². The molecule has 0 aromatic heterocycles. The molecule has 1 heterocycles. The number of carboxylic acid groups (broad SMARTS) is 1. The Balaban J connectivity index is 1.54. The first kappa shape index (κ1) is 34.2. The number of carbonyl (C=O) groups excluding carboxylic acids is 1. The summed E-state index contributed by atoms with van der Waals surface area (Å²) in [6, 6.07) is 8.46. The lowest BCUT2D eigenvalue weighted by molar-refractivity contribution is -0.348. The van der Waals surface area contributed by atoms with Gasteiger partial charge in [0.2, 0.25) is 5.91 Å². The van der Waals surface area contributed by atoms with E-state index in [-0.39, 0.29) is 55.0 Å². The van der Waals surface area contributed by atoms with Gasteiger partial charge in [0.25, 0.3) is 0 Å². The summed E-state index contributed by atoms with van der Waals surface area (Å²) in [6.07, 6.45) is -8.11. The van der Waals surface area contributed by atoms with Gasteiger partial charge in [-0.3, -0.25) is 9.59 Å². The number of hydrogen-bond donors (Lipinski definition) is 1. The Morgan fingerprint density at radius 3 is 1.91 bits per heavy atom. The number of carbonyl (C=O) groups is 2. The molecule has 1 amide bonds. The van der Waals surface area contributed by atoms with Crippen molar-refractivity contribution in [2.75, 3.05) is 13.1 Å². The third kappa shape index (κ3) is 5.79. The van der Waals surface area contributed by atoms with Crippen LogP contribution in [0.3, 0.4) is 0 Å². The van der Waals surface area contributed by atoms with Crippen molar-refractivity contribution >= 4 is 21.7 Å². The number of hydrogen-bond acceptors (Lipinski definition) is 4. The van der Waals surface area contributed by atoms with Gasteiger partial charge >= 0.3 is 24.0 Å². The number of nitrogens with zero attached hydrogens (tertiary/aromatic N) is 1. The molecule has 1 unspecified atom stereocenters. The average Bonchev–Trinajstić information content (AvgIpc) is 3.72. The molecule has 3 fully saturated rings. The molecular weight excluding hydrogens is 643 g/mol. The topological polar surface area (TPSA) is 91.8 Å². The Hall–Kier alpha value is -3.16. The molecule has 252 valence electrons. The quantitative estimate of drug-likeness (QED) is 0.308. The smallest absolute Gasteiger partial charge is 0.435 e. The molecule has 3 aliphatic rings. The molecule has 46 heavy (non-hydrogen) atoms. The van der Waals surface area contributed by atoms with Gasteiger partial charge in [-0.05, 0) is 74.1 Å². The van der Waals surface area contributed by atoms with E-state index < -0.39 is 68.4 Å². The molecule has 1 aliphatic heterocycles. The normalized spacial score (nSPS) is 25.2. The largest absolute Gasteiger partial charge is 0.481 e. The van der Waals surface area contributed by atoms with E-state index in [1.165, 1.54) is 11.0 Å². The number of sulfone groups is 1. The predicted molar refractivity (Wildman–Crippen MR) is 152 cm³/mol. The summed E-state index contributed by atoms with van der Waals surface area (Å²) >= 11 is 0. The highest BCUT2D eigenvalue weighted by molar-refractivity contribution is 7.92. The van der Waals surface area contributed by atoms with Gasteiger partial charge in [-0.1, -0.05) is 49.2 Å². The second-order valence-corrected chi connectivity index (χ2v) is 14.9. The van der Waals surface area contributed by atoms with Crippen LogP contribution in [0, 0.1) is 11.8 Å². The minimum absolute atomic E-state index is 0.0703. The zero-order valence-corrected chi connectivity index (χ0v) is 25.5. The lowest BCUT2D eigenvalue weighted by Gasteiger charge is -2.33. The Labute approximate surface area is 261 Å². The van der Waals surface area contributed by atoms with Crippen LogP contribution in [0.5, 0.6) is 0 Å². The van der Waals surface area contributed by atoms with Gasteiger partial charge in [-0.2, -0.15) is 26.3 Å². The van der Waals surface area contributed by atoms with Crippen molar-refractivity contribution in [1.82, 2.24) is 4.90 Å². The number of halogens is 7. The van der Waals surface area contributed by atoms with E-state index in [1.807, 2.05) is 6.07 Å². The Morgan fingerprint density at radius 2 is 1.37 bits per heavy atom. The van der Waals surface area contributed by atoms with E-state index in [0.717, 1.165) is 43.4 Å². The molecule has 14 heteroatoms. The van der Waals surface area contributed by atoms with Gasteiger partial charge in [0.1, 0.15) is 4.75 Å². The van der Waals surface area contributed by atoms with Crippen LogP contribution in [0.1, 0.15) is 80.4 Å². The zero-order chi connectivity index (χ0) is 33.7.